The van der Waals surface area contributed by atoms with E-state index in [4.69, 9.17) is 10.8 Å². The average Bonchev–Trinajstić information content (AvgIpc) is 2.83. The minimum Gasteiger partial charge on any atom is -0.508 e. The normalized spacial score (nSPS) is 13.3. The van der Waals surface area contributed by atoms with Crippen LogP contribution in [-0.2, 0) is 32.0 Å². The highest BCUT2D eigenvalue weighted by atomic mass is 16.4. The molecule has 0 fully saturated rings. The zero-order valence-electron chi connectivity index (χ0n) is 20.4. The number of aromatic hydroxyl groups is 1. The van der Waals surface area contributed by atoms with Crippen LogP contribution in [0.25, 0.3) is 0 Å². The quantitative estimate of drug-likeness (QED) is 0.236. The standard InChI is InChI=1S/C26H34N4O6/c1-16(2)12-21(25(35)28-15-23(32)33)30-26(36)22(14-18-8-10-19(31)11-9-18)29-24(34)20(27)13-17-6-4-3-5-7-17/h3-11,16,20-22,31H,12-15,27H2,1-2H3,(H,28,35)(H,29,34)(H,30,36)(H,32,33). The van der Waals surface area contributed by atoms with Gasteiger partial charge in [-0.15, -0.1) is 0 Å². The average molecular weight is 499 g/mol. The first-order valence-corrected chi connectivity index (χ1v) is 11.7. The molecule has 0 aliphatic heterocycles. The summed E-state index contributed by atoms with van der Waals surface area (Å²) in [5.41, 5.74) is 7.63. The first kappa shape index (κ1) is 28.3. The minimum absolute atomic E-state index is 0.0234. The fourth-order valence-corrected chi connectivity index (χ4v) is 3.58. The highest BCUT2D eigenvalue weighted by Gasteiger charge is 2.29. The Balaban J connectivity index is 2.18. The summed E-state index contributed by atoms with van der Waals surface area (Å²) in [6.07, 6.45) is 0.624. The van der Waals surface area contributed by atoms with E-state index >= 15 is 0 Å². The summed E-state index contributed by atoms with van der Waals surface area (Å²) in [6.45, 7) is 3.15. The third-order valence-electron chi connectivity index (χ3n) is 5.40. The number of nitrogens with one attached hydrogen (secondary N) is 3. The zero-order valence-corrected chi connectivity index (χ0v) is 20.4. The van der Waals surface area contributed by atoms with Crippen molar-refractivity contribution < 1.29 is 29.4 Å². The van der Waals surface area contributed by atoms with E-state index in [9.17, 15) is 24.3 Å². The summed E-state index contributed by atoms with van der Waals surface area (Å²) in [7, 11) is 0. The van der Waals surface area contributed by atoms with Crippen LogP contribution in [0.2, 0.25) is 0 Å². The van der Waals surface area contributed by atoms with Gasteiger partial charge in [-0.2, -0.15) is 0 Å². The molecule has 7 N–H and O–H groups in total. The number of carboxylic acids is 1. The van der Waals surface area contributed by atoms with E-state index in [-0.39, 0.29) is 30.9 Å². The maximum atomic E-state index is 13.3. The molecule has 3 amide bonds. The Labute approximate surface area is 210 Å². The summed E-state index contributed by atoms with van der Waals surface area (Å²) < 4.78 is 0. The van der Waals surface area contributed by atoms with Crippen molar-refractivity contribution in [2.45, 2.75) is 51.2 Å². The van der Waals surface area contributed by atoms with Crippen LogP contribution in [0.15, 0.2) is 54.6 Å². The Morgan fingerprint density at radius 1 is 0.806 bits per heavy atom. The van der Waals surface area contributed by atoms with Gasteiger partial charge in [0.2, 0.25) is 17.7 Å². The number of aliphatic carboxylic acids is 1. The van der Waals surface area contributed by atoms with Crippen molar-refractivity contribution in [2.75, 3.05) is 6.54 Å². The van der Waals surface area contributed by atoms with E-state index in [2.05, 4.69) is 16.0 Å². The lowest BCUT2D eigenvalue weighted by molar-refractivity contribution is -0.138. The highest BCUT2D eigenvalue weighted by Crippen LogP contribution is 2.13. The van der Waals surface area contributed by atoms with Crippen LogP contribution in [0.3, 0.4) is 0 Å². The van der Waals surface area contributed by atoms with Gasteiger partial charge in [0.25, 0.3) is 0 Å². The number of phenols is 1. The van der Waals surface area contributed by atoms with Crippen molar-refractivity contribution in [1.29, 1.82) is 0 Å². The van der Waals surface area contributed by atoms with Crippen LogP contribution in [0, 0.1) is 5.92 Å². The van der Waals surface area contributed by atoms with Crippen LogP contribution in [0.4, 0.5) is 0 Å². The topological polar surface area (TPSA) is 171 Å². The van der Waals surface area contributed by atoms with E-state index in [0.29, 0.717) is 5.56 Å². The number of hydrogen-bond donors (Lipinski definition) is 6. The number of amides is 3. The summed E-state index contributed by atoms with van der Waals surface area (Å²) in [5.74, 6) is -2.90. The number of phenolic OH excluding ortho intramolecular Hbond substituents is 1. The highest BCUT2D eigenvalue weighted by molar-refractivity contribution is 5.93. The second kappa shape index (κ2) is 13.8. The first-order chi connectivity index (χ1) is 17.0. The molecule has 3 unspecified atom stereocenters. The molecule has 194 valence electrons. The van der Waals surface area contributed by atoms with E-state index in [0.717, 1.165) is 5.56 Å². The Morgan fingerprint density at radius 3 is 1.97 bits per heavy atom. The number of nitrogens with two attached hydrogens (primary N) is 1. The van der Waals surface area contributed by atoms with Crippen LogP contribution < -0.4 is 21.7 Å². The molecule has 0 aromatic heterocycles. The van der Waals surface area contributed by atoms with E-state index in [1.54, 1.807) is 12.1 Å². The molecule has 0 aliphatic rings. The monoisotopic (exact) mass is 498 g/mol. The van der Waals surface area contributed by atoms with E-state index < -0.39 is 48.4 Å². The Kier molecular flexibility index (Phi) is 10.9. The van der Waals surface area contributed by atoms with Gasteiger partial charge in [-0.1, -0.05) is 56.3 Å². The number of carbonyl (C=O) groups is 4. The summed E-state index contributed by atoms with van der Waals surface area (Å²) in [4.78, 5) is 49.5. The number of hydrogen-bond acceptors (Lipinski definition) is 6. The predicted molar refractivity (Wildman–Crippen MR) is 134 cm³/mol. The number of carboxylic acid groups (broad SMARTS) is 1. The Bertz CT molecular complexity index is 1030. The maximum Gasteiger partial charge on any atom is 0.322 e. The van der Waals surface area contributed by atoms with Gasteiger partial charge in [0.15, 0.2) is 0 Å². The van der Waals surface area contributed by atoms with Crippen LogP contribution in [0.1, 0.15) is 31.4 Å². The smallest absolute Gasteiger partial charge is 0.322 e. The Morgan fingerprint density at radius 2 is 1.39 bits per heavy atom. The van der Waals surface area contributed by atoms with E-state index in [1.807, 2.05) is 44.2 Å². The molecule has 0 aliphatic carbocycles. The molecule has 36 heavy (non-hydrogen) atoms. The van der Waals surface area contributed by atoms with Gasteiger partial charge in [0.1, 0.15) is 24.4 Å². The molecule has 0 spiro atoms. The molecular formula is C26H34N4O6. The molecule has 3 atom stereocenters. The molecule has 0 saturated heterocycles. The third kappa shape index (κ3) is 9.75. The van der Waals surface area contributed by atoms with Crippen LogP contribution in [-0.4, -0.2) is 58.6 Å². The van der Waals surface area contributed by atoms with E-state index in [1.165, 1.54) is 12.1 Å². The largest absolute Gasteiger partial charge is 0.508 e. The summed E-state index contributed by atoms with van der Waals surface area (Å²) in [6, 6.07) is 12.4. The van der Waals surface area contributed by atoms with Gasteiger partial charge in [0, 0.05) is 6.42 Å². The molecule has 2 aromatic rings. The van der Waals surface area contributed by atoms with Gasteiger partial charge < -0.3 is 31.9 Å². The van der Waals surface area contributed by atoms with Crippen molar-refractivity contribution in [2.24, 2.45) is 11.7 Å². The lowest BCUT2D eigenvalue weighted by atomic mass is 10.0. The molecule has 10 nitrogen and oxygen atoms in total. The van der Waals surface area contributed by atoms with Crippen molar-refractivity contribution in [1.82, 2.24) is 16.0 Å². The lowest BCUT2D eigenvalue weighted by Crippen LogP contribution is -2.57. The van der Waals surface area contributed by atoms with Crippen molar-refractivity contribution in [3.63, 3.8) is 0 Å². The molecule has 10 heteroatoms. The third-order valence-corrected chi connectivity index (χ3v) is 5.40. The van der Waals surface area contributed by atoms with Crippen LogP contribution >= 0.6 is 0 Å². The van der Waals surface area contributed by atoms with Gasteiger partial charge in [0.05, 0.1) is 6.04 Å². The second-order valence-corrected chi connectivity index (χ2v) is 9.03. The van der Waals surface area contributed by atoms with Gasteiger partial charge in [-0.25, -0.2) is 0 Å². The maximum absolute atomic E-state index is 13.3. The van der Waals surface area contributed by atoms with Gasteiger partial charge >= 0.3 is 5.97 Å². The number of benzene rings is 2. The molecule has 0 heterocycles. The SMILES string of the molecule is CC(C)CC(NC(=O)C(Cc1ccc(O)cc1)NC(=O)C(N)Cc1ccccc1)C(=O)NCC(=O)O. The minimum atomic E-state index is -1.21. The van der Waals surface area contributed by atoms with Crippen molar-refractivity contribution in [3.8, 4) is 5.75 Å². The molecule has 0 saturated carbocycles. The Hall–Kier alpha value is -3.92. The molecule has 0 bridgehead atoms. The summed E-state index contributed by atoms with van der Waals surface area (Å²) in [5, 5.41) is 26.0. The number of rotatable bonds is 13. The fraction of sp³-hybridized carbons (Fsp3) is 0.385. The predicted octanol–water partition coefficient (Wildman–Crippen LogP) is 0.721. The van der Waals surface area contributed by atoms with Gasteiger partial charge in [-0.05, 0) is 42.0 Å². The first-order valence-electron chi connectivity index (χ1n) is 11.7. The van der Waals surface area contributed by atoms with Gasteiger partial charge in [-0.3, -0.25) is 19.2 Å². The molecule has 0 radical (unpaired) electrons. The van der Waals surface area contributed by atoms with Crippen molar-refractivity contribution >= 4 is 23.7 Å². The fourth-order valence-electron chi connectivity index (χ4n) is 3.58. The number of carbonyl (C=O) groups excluding carboxylic acids is 3. The lowest BCUT2D eigenvalue weighted by Gasteiger charge is -2.25. The molecular weight excluding hydrogens is 464 g/mol. The molecule has 2 rings (SSSR count). The second-order valence-electron chi connectivity index (χ2n) is 9.03. The molecule has 2 aromatic carbocycles. The zero-order chi connectivity index (χ0) is 26.7. The summed E-state index contributed by atoms with van der Waals surface area (Å²) >= 11 is 0. The van der Waals surface area contributed by atoms with Crippen molar-refractivity contribution in [3.05, 3.63) is 65.7 Å². The van der Waals surface area contributed by atoms with Crippen LogP contribution in [0.5, 0.6) is 5.75 Å².